The van der Waals surface area contributed by atoms with Crippen molar-refractivity contribution < 1.29 is 14.3 Å². The number of thioether (sulfide) groups is 1. The van der Waals surface area contributed by atoms with E-state index in [0.29, 0.717) is 17.6 Å². The highest BCUT2D eigenvalue weighted by atomic mass is 32.2. The lowest BCUT2D eigenvalue weighted by molar-refractivity contribution is -0.113. The summed E-state index contributed by atoms with van der Waals surface area (Å²) in [6.45, 7) is 2.54. The molecule has 0 aliphatic heterocycles. The number of nitrogens with one attached hydrogen (secondary N) is 1. The van der Waals surface area contributed by atoms with Crippen LogP contribution in [0.4, 0.5) is 5.69 Å². The van der Waals surface area contributed by atoms with Crippen molar-refractivity contribution in [3.05, 3.63) is 48.5 Å². The second kappa shape index (κ2) is 9.27. The molecule has 0 radical (unpaired) electrons. The second-order valence-corrected chi connectivity index (χ2v) is 6.80. The van der Waals surface area contributed by atoms with E-state index in [-0.39, 0.29) is 11.7 Å². The number of carbonyl (C=O) groups is 1. The number of ether oxygens (including phenoxy) is 2. The Hall–Kier alpha value is -3.00. The fourth-order valence-corrected chi connectivity index (χ4v) is 3.34. The first kappa shape index (κ1) is 19.8. The molecule has 1 heterocycles. The number of amides is 1. The standard InChI is InChI=1S/C20H22N4O3S/c1-4-27-15-11-9-14(10-12-15)21-18(25)13-28-20-23-22-19(24(20)2)16-7-5-6-8-17(16)26-3/h5-12H,4,13H2,1-3H3,(H,21,25). The van der Waals surface area contributed by atoms with Gasteiger partial charge < -0.3 is 19.4 Å². The highest BCUT2D eigenvalue weighted by Gasteiger charge is 2.15. The van der Waals surface area contributed by atoms with Crippen LogP contribution in [0.3, 0.4) is 0 Å². The first-order chi connectivity index (χ1) is 13.6. The molecule has 0 atom stereocenters. The van der Waals surface area contributed by atoms with Crippen LogP contribution in [-0.4, -0.2) is 40.1 Å². The van der Waals surface area contributed by atoms with E-state index in [2.05, 4.69) is 15.5 Å². The summed E-state index contributed by atoms with van der Waals surface area (Å²) in [5.41, 5.74) is 1.58. The van der Waals surface area contributed by atoms with Crippen LogP contribution >= 0.6 is 11.8 Å². The summed E-state index contributed by atoms with van der Waals surface area (Å²) in [4.78, 5) is 12.2. The summed E-state index contributed by atoms with van der Waals surface area (Å²) in [6, 6.07) is 14.9. The average Bonchev–Trinajstić information content (AvgIpc) is 3.08. The largest absolute Gasteiger partial charge is 0.496 e. The van der Waals surface area contributed by atoms with E-state index >= 15 is 0 Å². The van der Waals surface area contributed by atoms with Gasteiger partial charge in [0.05, 0.1) is 25.0 Å². The number of carbonyl (C=O) groups excluding carboxylic acids is 1. The van der Waals surface area contributed by atoms with E-state index in [9.17, 15) is 4.79 Å². The van der Waals surface area contributed by atoms with Gasteiger partial charge in [-0.2, -0.15) is 0 Å². The van der Waals surface area contributed by atoms with Crippen LogP contribution in [0.25, 0.3) is 11.4 Å². The second-order valence-electron chi connectivity index (χ2n) is 5.86. The molecule has 3 aromatic rings. The molecule has 0 unspecified atom stereocenters. The van der Waals surface area contributed by atoms with Gasteiger partial charge in [-0.25, -0.2) is 0 Å². The van der Waals surface area contributed by atoms with Gasteiger partial charge in [0.15, 0.2) is 11.0 Å². The zero-order chi connectivity index (χ0) is 19.9. The lowest BCUT2D eigenvalue weighted by Gasteiger charge is -2.08. The first-order valence-electron chi connectivity index (χ1n) is 8.80. The lowest BCUT2D eigenvalue weighted by Crippen LogP contribution is -2.14. The molecule has 0 fully saturated rings. The minimum Gasteiger partial charge on any atom is -0.496 e. The van der Waals surface area contributed by atoms with E-state index in [1.165, 1.54) is 11.8 Å². The Bertz CT molecular complexity index is 941. The molecule has 1 aromatic heterocycles. The fourth-order valence-electron chi connectivity index (χ4n) is 2.63. The number of benzene rings is 2. The predicted octanol–water partition coefficient (Wildman–Crippen LogP) is 3.62. The average molecular weight is 398 g/mol. The molecule has 0 aliphatic rings. The highest BCUT2D eigenvalue weighted by Crippen LogP contribution is 2.30. The molecule has 7 nitrogen and oxygen atoms in total. The van der Waals surface area contributed by atoms with Crippen molar-refractivity contribution in [1.29, 1.82) is 0 Å². The number of anilines is 1. The molecule has 0 bridgehead atoms. The van der Waals surface area contributed by atoms with Crippen LogP contribution in [0.5, 0.6) is 11.5 Å². The van der Waals surface area contributed by atoms with Gasteiger partial charge in [-0.15, -0.1) is 10.2 Å². The molecule has 1 N–H and O–H groups in total. The van der Waals surface area contributed by atoms with Gasteiger partial charge in [0.1, 0.15) is 11.5 Å². The summed E-state index contributed by atoms with van der Waals surface area (Å²) < 4.78 is 12.6. The van der Waals surface area contributed by atoms with Crippen LogP contribution in [0.15, 0.2) is 53.7 Å². The molecule has 0 aliphatic carbocycles. The Labute approximate surface area is 168 Å². The van der Waals surface area contributed by atoms with Crippen LogP contribution in [0.2, 0.25) is 0 Å². The minimum absolute atomic E-state index is 0.115. The van der Waals surface area contributed by atoms with Crippen molar-refractivity contribution in [2.75, 3.05) is 24.8 Å². The number of hydrogen-bond donors (Lipinski definition) is 1. The van der Waals surface area contributed by atoms with E-state index < -0.39 is 0 Å². The number of para-hydroxylation sites is 1. The van der Waals surface area contributed by atoms with Crippen LogP contribution in [0, 0.1) is 0 Å². The fraction of sp³-hybridized carbons (Fsp3) is 0.250. The Morgan fingerprint density at radius 1 is 1.14 bits per heavy atom. The van der Waals surface area contributed by atoms with Gasteiger partial charge in [0, 0.05) is 12.7 Å². The highest BCUT2D eigenvalue weighted by molar-refractivity contribution is 7.99. The third kappa shape index (κ3) is 4.64. The minimum atomic E-state index is -0.115. The third-order valence-electron chi connectivity index (χ3n) is 3.96. The molecular formula is C20H22N4O3S. The number of hydrogen-bond acceptors (Lipinski definition) is 6. The number of rotatable bonds is 8. The molecule has 1 amide bonds. The quantitative estimate of drug-likeness (QED) is 0.584. The van der Waals surface area contributed by atoms with Gasteiger partial charge in [0.2, 0.25) is 5.91 Å². The Kier molecular flexibility index (Phi) is 6.54. The van der Waals surface area contributed by atoms with E-state index in [1.54, 1.807) is 7.11 Å². The molecule has 0 saturated heterocycles. The summed E-state index contributed by atoms with van der Waals surface area (Å²) >= 11 is 1.33. The monoisotopic (exact) mass is 398 g/mol. The molecule has 8 heteroatoms. The summed E-state index contributed by atoms with van der Waals surface area (Å²) in [7, 11) is 3.49. The van der Waals surface area contributed by atoms with Crippen LogP contribution < -0.4 is 14.8 Å². The van der Waals surface area contributed by atoms with Gasteiger partial charge >= 0.3 is 0 Å². The molecule has 3 rings (SSSR count). The zero-order valence-corrected chi connectivity index (χ0v) is 16.8. The maximum atomic E-state index is 12.2. The van der Waals surface area contributed by atoms with E-state index in [1.807, 2.05) is 67.1 Å². The number of aromatic nitrogens is 3. The maximum absolute atomic E-state index is 12.2. The van der Waals surface area contributed by atoms with E-state index in [0.717, 1.165) is 22.7 Å². The molecule has 0 saturated carbocycles. The number of methoxy groups -OCH3 is 1. The number of nitrogens with zero attached hydrogens (tertiary/aromatic N) is 3. The van der Waals surface area contributed by atoms with Crippen LogP contribution in [-0.2, 0) is 11.8 Å². The third-order valence-corrected chi connectivity index (χ3v) is 4.98. The topological polar surface area (TPSA) is 78.3 Å². The molecule has 28 heavy (non-hydrogen) atoms. The zero-order valence-electron chi connectivity index (χ0n) is 16.0. The van der Waals surface area contributed by atoms with Gasteiger partial charge in [0.25, 0.3) is 0 Å². The van der Waals surface area contributed by atoms with Crippen molar-refractivity contribution in [2.24, 2.45) is 7.05 Å². The summed E-state index contributed by atoms with van der Waals surface area (Å²) in [5, 5.41) is 12.0. The van der Waals surface area contributed by atoms with Crippen molar-refractivity contribution in [3.8, 4) is 22.9 Å². The van der Waals surface area contributed by atoms with Crippen molar-refractivity contribution in [3.63, 3.8) is 0 Å². The van der Waals surface area contributed by atoms with Gasteiger partial charge in [-0.05, 0) is 43.3 Å². The van der Waals surface area contributed by atoms with Gasteiger partial charge in [-0.3, -0.25) is 4.79 Å². The van der Waals surface area contributed by atoms with Crippen molar-refractivity contribution >= 4 is 23.4 Å². The predicted molar refractivity (Wildman–Crippen MR) is 110 cm³/mol. The smallest absolute Gasteiger partial charge is 0.234 e. The van der Waals surface area contributed by atoms with Crippen molar-refractivity contribution in [2.45, 2.75) is 12.1 Å². The molecule has 0 spiro atoms. The Balaban J connectivity index is 1.62. The normalized spacial score (nSPS) is 10.5. The van der Waals surface area contributed by atoms with Gasteiger partial charge in [-0.1, -0.05) is 23.9 Å². The maximum Gasteiger partial charge on any atom is 0.234 e. The van der Waals surface area contributed by atoms with Crippen LogP contribution in [0.1, 0.15) is 6.92 Å². The summed E-state index contributed by atoms with van der Waals surface area (Å²) in [5.74, 6) is 2.30. The summed E-state index contributed by atoms with van der Waals surface area (Å²) in [6.07, 6.45) is 0. The Morgan fingerprint density at radius 2 is 1.89 bits per heavy atom. The molecular weight excluding hydrogens is 376 g/mol. The van der Waals surface area contributed by atoms with E-state index in [4.69, 9.17) is 9.47 Å². The molecule has 146 valence electrons. The van der Waals surface area contributed by atoms with Crippen molar-refractivity contribution in [1.82, 2.24) is 14.8 Å². The Morgan fingerprint density at radius 3 is 2.61 bits per heavy atom. The SMILES string of the molecule is CCOc1ccc(NC(=O)CSc2nnc(-c3ccccc3OC)n2C)cc1. The molecule has 2 aromatic carbocycles. The first-order valence-corrected chi connectivity index (χ1v) is 9.79. The lowest BCUT2D eigenvalue weighted by atomic mass is 10.2.